The molecule has 0 saturated heterocycles. The lowest BCUT2D eigenvalue weighted by Gasteiger charge is -2.06. The van der Waals surface area contributed by atoms with Crippen molar-refractivity contribution in [2.24, 2.45) is 0 Å². The van der Waals surface area contributed by atoms with Gasteiger partial charge in [0.15, 0.2) is 0 Å². The van der Waals surface area contributed by atoms with Crippen LogP contribution in [0.2, 0.25) is 5.02 Å². The summed E-state index contributed by atoms with van der Waals surface area (Å²) in [6.07, 6.45) is 4.47. The smallest absolute Gasteiger partial charge is 0.267 e. The number of para-hydroxylation sites is 1. The molecule has 0 atom stereocenters. The summed E-state index contributed by atoms with van der Waals surface area (Å²) in [5.41, 5.74) is 1.82. The zero-order valence-corrected chi connectivity index (χ0v) is 14.6. The van der Waals surface area contributed by atoms with Crippen molar-refractivity contribution >= 4 is 23.2 Å². The molecule has 0 fully saturated rings. The van der Waals surface area contributed by atoms with E-state index in [1.165, 1.54) is 11.8 Å². The number of nitrogens with zero attached hydrogens (tertiary/aromatic N) is 1. The molecule has 0 aromatic heterocycles. The highest BCUT2D eigenvalue weighted by Gasteiger charge is 2.10. The van der Waals surface area contributed by atoms with Gasteiger partial charge in [0.05, 0.1) is 10.7 Å². The molecular weight excluding hydrogens is 334 g/mol. The third-order valence-corrected chi connectivity index (χ3v) is 3.94. The number of unbranched alkanes of at least 4 members (excludes halogenated alkanes) is 1. The maximum atomic E-state index is 12.1. The van der Waals surface area contributed by atoms with Gasteiger partial charge in [-0.05, 0) is 37.0 Å². The van der Waals surface area contributed by atoms with Gasteiger partial charge in [-0.25, -0.2) is 0 Å². The number of benzene rings is 2. The third-order valence-electron chi connectivity index (χ3n) is 3.61. The van der Waals surface area contributed by atoms with Crippen LogP contribution in [-0.4, -0.2) is 12.5 Å². The van der Waals surface area contributed by atoms with Crippen LogP contribution in [0, 0.1) is 11.3 Å². The van der Waals surface area contributed by atoms with Gasteiger partial charge in [0, 0.05) is 12.7 Å². The summed E-state index contributed by atoms with van der Waals surface area (Å²) in [7, 11) is 0. The van der Waals surface area contributed by atoms with Crippen LogP contribution in [0.15, 0.2) is 66.4 Å². The van der Waals surface area contributed by atoms with Gasteiger partial charge in [-0.3, -0.25) is 4.79 Å². The first-order chi connectivity index (χ1) is 12.2. The number of anilines is 1. The molecule has 5 heteroatoms. The molecule has 1 amide bonds. The summed E-state index contributed by atoms with van der Waals surface area (Å²) in [6.45, 7) is 0.706. The minimum Gasteiger partial charge on any atom is -0.390 e. The number of amides is 1. The van der Waals surface area contributed by atoms with E-state index in [1.54, 1.807) is 24.3 Å². The van der Waals surface area contributed by atoms with Crippen molar-refractivity contribution < 1.29 is 4.79 Å². The first-order valence-electron chi connectivity index (χ1n) is 8.14. The number of rotatable bonds is 8. The maximum absolute atomic E-state index is 12.1. The molecule has 2 rings (SSSR count). The summed E-state index contributed by atoms with van der Waals surface area (Å²) in [6, 6.07) is 19.1. The summed E-state index contributed by atoms with van der Waals surface area (Å²) >= 11 is 6.00. The molecule has 0 unspecified atom stereocenters. The molecule has 4 nitrogen and oxygen atoms in total. The average molecular weight is 354 g/mol. The molecule has 0 heterocycles. The lowest BCUT2D eigenvalue weighted by atomic mass is 10.1. The Morgan fingerprint density at radius 2 is 1.80 bits per heavy atom. The summed E-state index contributed by atoms with van der Waals surface area (Å²) in [5.74, 6) is -0.479. The molecular formula is C20H20ClN3O. The number of halogens is 1. The quantitative estimate of drug-likeness (QED) is 0.422. The summed E-state index contributed by atoms with van der Waals surface area (Å²) < 4.78 is 0. The average Bonchev–Trinajstić information content (AvgIpc) is 2.64. The molecule has 0 saturated carbocycles. The fraction of sp³-hybridized carbons (Fsp3) is 0.200. The van der Waals surface area contributed by atoms with E-state index in [-0.39, 0.29) is 5.57 Å². The highest BCUT2D eigenvalue weighted by Crippen LogP contribution is 2.20. The molecule has 2 N–H and O–H groups in total. The Morgan fingerprint density at radius 1 is 1.08 bits per heavy atom. The predicted molar refractivity (Wildman–Crippen MR) is 101 cm³/mol. The second kappa shape index (κ2) is 10.2. The fourth-order valence-electron chi connectivity index (χ4n) is 2.28. The van der Waals surface area contributed by atoms with Crippen LogP contribution in [0.25, 0.3) is 0 Å². The van der Waals surface area contributed by atoms with Crippen LogP contribution in [0.3, 0.4) is 0 Å². The number of hydrogen-bond acceptors (Lipinski definition) is 3. The first kappa shape index (κ1) is 18.6. The summed E-state index contributed by atoms with van der Waals surface area (Å²) in [5, 5.41) is 15.2. The van der Waals surface area contributed by atoms with E-state index in [4.69, 9.17) is 16.9 Å². The van der Waals surface area contributed by atoms with Crippen molar-refractivity contribution in [3.63, 3.8) is 0 Å². The van der Waals surface area contributed by atoms with E-state index < -0.39 is 5.91 Å². The van der Waals surface area contributed by atoms with Crippen LogP contribution < -0.4 is 10.6 Å². The van der Waals surface area contributed by atoms with E-state index in [0.717, 1.165) is 19.3 Å². The highest BCUT2D eigenvalue weighted by molar-refractivity contribution is 6.33. The fourth-order valence-corrected chi connectivity index (χ4v) is 2.46. The van der Waals surface area contributed by atoms with Gasteiger partial charge in [-0.15, -0.1) is 0 Å². The van der Waals surface area contributed by atoms with Gasteiger partial charge in [0.1, 0.15) is 11.6 Å². The molecule has 0 spiro atoms. The minimum absolute atomic E-state index is 0.0166. The lowest BCUT2D eigenvalue weighted by Crippen LogP contribution is -2.17. The molecule has 0 bridgehead atoms. The second-order valence-electron chi connectivity index (χ2n) is 5.50. The molecule has 128 valence electrons. The molecule has 0 aliphatic heterocycles. The van der Waals surface area contributed by atoms with Crippen molar-refractivity contribution in [2.75, 3.05) is 11.9 Å². The van der Waals surface area contributed by atoms with Gasteiger partial charge in [-0.1, -0.05) is 54.1 Å². The van der Waals surface area contributed by atoms with Crippen LogP contribution in [0.4, 0.5) is 5.69 Å². The standard InChI is InChI=1S/C20H20ClN3O/c21-18-11-4-5-12-19(18)24-20(25)17(14-22)15-23-13-7-6-10-16-8-2-1-3-9-16/h1-5,8-9,11-12,15,23H,6-7,10,13H2,(H,24,25)/b17-15-. The van der Waals surface area contributed by atoms with Crippen LogP contribution in [-0.2, 0) is 11.2 Å². The number of carbonyl (C=O) groups excluding carboxylic acids is 1. The van der Waals surface area contributed by atoms with E-state index in [9.17, 15) is 4.79 Å². The Kier molecular flexibility index (Phi) is 7.55. The van der Waals surface area contributed by atoms with E-state index in [2.05, 4.69) is 22.8 Å². The zero-order chi connectivity index (χ0) is 17.9. The Bertz CT molecular complexity index is 766. The van der Waals surface area contributed by atoms with Gasteiger partial charge >= 0.3 is 0 Å². The topological polar surface area (TPSA) is 64.9 Å². The van der Waals surface area contributed by atoms with Crippen LogP contribution in [0.1, 0.15) is 18.4 Å². The number of hydrogen-bond donors (Lipinski definition) is 2. The van der Waals surface area contributed by atoms with Crippen molar-refractivity contribution in [3.05, 3.63) is 77.0 Å². The van der Waals surface area contributed by atoms with Gasteiger partial charge < -0.3 is 10.6 Å². The van der Waals surface area contributed by atoms with Crippen molar-refractivity contribution in [1.29, 1.82) is 5.26 Å². The monoisotopic (exact) mass is 353 g/mol. The summed E-state index contributed by atoms with van der Waals surface area (Å²) in [4.78, 5) is 12.1. The van der Waals surface area contributed by atoms with E-state index >= 15 is 0 Å². The number of carbonyl (C=O) groups is 1. The lowest BCUT2D eigenvalue weighted by molar-refractivity contribution is -0.112. The van der Waals surface area contributed by atoms with Crippen molar-refractivity contribution in [3.8, 4) is 6.07 Å². The first-order valence-corrected chi connectivity index (χ1v) is 8.52. The van der Waals surface area contributed by atoms with Crippen molar-refractivity contribution in [2.45, 2.75) is 19.3 Å². The normalized spacial score (nSPS) is 10.8. The van der Waals surface area contributed by atoms with Crippen LogP contribution in [0.5, 0.6) is 0 Å². The second-order valence-corrected chi connectivity index (χ2v) is 5.91. The highest BCUT2D eigenvalue weighted by atomic mass is 35.5. The van der Waals surface area contributed by atoms with E-state index in [1.807, 2.05) is 24.3 Å². The molecule has 0 aliphatic rings. The Morgan fingerprint density at radius 3 is 2.52 bits per heavy atom. The molecule has 2 aromatic carbocycles. The molecule has 2 aromatic rings. The third kappa shape index (κ3) is 6.33. The largest absolute Gasteiger partial charge is 0.390 e. The van der Waals surface area contributed by atoms with Gasteiger partial charge in [0.2, 0.25) is 0 Å². The zero-order valence-electron chi connectivity index (χ0n) is 13.8. The van der Waals surface area contributed by atoms with Gasteiger partial charge in [-0.2, -0.15) is 5.26 Å². The van der Waals surface area contributed by atoms with E-state index in [0.29, 0.717) is 17.3 Å². The number of nitrogens with one attached hydrogen (secondary N) is 2. The minimum atomic E-state index is -0.479. The SMILES string of the molecule is N#C/C(=C/NCCCCc1ccccc1)C(=O)Nc1ccccc1Cl. The maximum Gasteiger partial charge on any atom is 0.267 e. The number of aryl methyl sites for hydroxylation is 1. The molecule has 25 heavy (non-hydrogen) atoms. The van der Waals surface area contributed by atoms with Crippen LogP contribution >= 0.6 is 11.6 Å². The Labute approximate surface area is 153 Å². The van der Waals surface area contributed by atoms with Crippen molar-refractivity contribution in [1.82, 2.24) is 5.32 Å². The molecule has 0 aliphatic carbocycles. The number of nitriles is 1. The Balaban J connectivity index is 1.75. The Hall–Kier alpha value is -2.77. The molecule has 0 radical (unpaired) electrons. The predicted octanol–water partition coefficient (Wildman–Crippen LogP) is 4.30. The van der Waals surface area contributed by atoms with Gasteiger partial charge in [0.25, 0.3) is 5.91 Å².